The molecule has 1 saturated carbocycles. The van der Waals surface area contributed by atoms with E-state index in [1.165, 1.54) is 25.7 Å². The topological polar surface area (TPSA) is 42.7 Å². The van der Waals surface area contributed by atoms with E-state index in [1.54, 1.807) is 6.33 Å². The molecule has 0 aromatic carbocycles. The third-order valence-corrected chi connectivity index (χ3v) is 4.17. The molecule has 3 atom stereocenters. The molecule has 4 heteroatoms. The molecule has 1 fully saturated rings. The molecule has 3 unspecified atom stereocenters. The Labute approximate surface area is 110 Å². The van der Waals surface area contributed by atoms with Crippen LogP contribution in [0.1, 0.15) is 45.4 Å². The monoisotopic (exact) mass is 250 g/mol. The highest BCUT2D eigenvalue weighted by Crippen LogP contribution is 2.33. The average Bonchev–Trinajstić information content (AvgIpc) is 2.94. The van der Waals surface area contributed by atoms with Gasteiger partial charge in [0.1, 0.15) is 12.2 Å². The second-order valence-corrected chi connectivity index (χ2v) is 5.74. The summed E-state index contributed by atoms with van der Waals surface area (Å²) in [5.41, 5.74) is 0. The summed E-state index contributed by atoms with van der Waals surface area (Å²) in [4.78, 5) is 4.37. The van der Waals surface area contributed by atoms with Crippen LogP contribution >= 0.6 is 0 Å². The van der Waals surface area contributed by atoms with Crippen molar-refractivity contribution >= 4 is 0 Å². The summed E-state index contributed by atoms with van der Waals surface area (Å²) < 4.78 is 1.90. The van der Waals surface area contributed by atoms with E-state index in [-0.39, 0.29) is 0 Å². The molecule has 0 amide bonds. The fourth-order valence-corrected chi connectivity index (χ4v) is 3.05. The molecule has 0 aliphatic heterocycles. The van der Waals surface area contributed by atoms with Crippen molar-refractivity contribution in [3.63, 3.8) is 0 Å². The van der Waals surface area contributed by atoms with Crippen molar-refractivity contribution in [1.29, 1.82) is 0 Å². The van der Waals surface area contributed by atoms with Gasteiger partial charge in [-0.25, -0.2) is 4.98 Å². The zero-order valence-corrected chi connectivity index (χ0v) is 11.9. The Bertz CT molecular complexity index is 360. The van der Waals surface area contributed by atoms with Gasteiger partial charge in [-0.3, -0.25) is 4.68 Å². The maximum Gasteiger partial charge on any atom is 0.138 e. The largest absolute Gasteiger partial charge is 0.313 e. The number of nitrogens with one attached hydrogen (secondary N) is 1. The summed E-state index contributed by atoms with van der Waals surface area (Å²) in [6, 6.07) is 0.567. The van der Waals surface area contributed by atoms with Gasteiger partial charge in [-0.1, -0.05) is 20.3 Å². The summed E-state index contributed by atoms with van der Waals surface area (Å²) in [7, 11) is 1.98. The Morgan fingerprint density at radius 3 is 2.89 bits per heavy atom. The van der Waals surface area contributed by atoms with E-state index < -0.39 is 0 Å². The zero-order valence-electron chi connectivity index (χ0n) is 11.9. The van der Waals surface area contributed by atoms with Gasteiger partial charge >= 0.3 is 0 Å². The predicted molar refractivity (Wildman–Crippen MR) is 73.3 cm³/mol. The first-order valence-electron chi connectivity index (χ1n) is 7.27. The minimum atomic E-state index is 0.567. The van der Waals surface area contributed by atoms with Crippen LogP contribution in [0.4, 0.5) is 0 Å². The van der Waals surface area contributed by atoms with E-state index in [1.807, 2.05) is 11.7 Å². The summed E-state index contributed by atoms with van der Waals surface area (Å²) in [6.45, 7) is 5.70. The van der Waals surface area contributed by atoms with Crippen LogP contribution in [0.25, 0.3) is 0 Å². The Hall–Kier alpha value is -0.900. The standard InChI is InChI=1S/C14H26N4/c1-4-7-15-13(12-6-5-11(2)8-12)9-14-16-10-17-18(14)3/h10-13,15H,4-9H2,1-3H3. The van der Waals surface area contributed by atoms with Gasteiger partial charge in [-0.15, -0.1) is 0 Å². The molecule has 1 N–H and O–H groups in total. The van der Waals surface area contributed by atoms with Gasteiger partial charge in [-0.05, 0) is 37.6 Å². The lowest BCUT2D eigenvalue weighted by Crippen LogP contribution is -2.38. The van der Waals surface area contributed by atoms with E-state index in [0.29, 0.717) is 6.04 Å². The summed E-state index contributed by atoms with van der Waals surface area (Å²) in [5.74, 6) is 2.80. The second-order valence-electron chi connectivity index (χ2n) is 5.74. The second kappa shape index (κ2) is 6.32. The van der Waals surface area contributed by atoms with Crippen LogP contribution in [-0.4, -0.2) is 27.4 Å². The predicted octanol–water partition coefficient (Wildman–Crippen LogP) is 2.16. The Morgan fingerprint density at radius 1 is 1.50 bits per heavy atom. The van der Waals surface area contributed by atoms with Crippen molar-refractivity contribution in [1.82, 2.24) is 20.1 Å². The Balaban J connectivity index is 1.98. The smallest absolute Gasteiger partial charge is 0.138 e. The third-order valence-electron chi connectivity index (χ3n) is 4.17. The molecule has 1 aromatic rings. The first kappa shape index (κ1) is 13.5. The molecule has 1 aromatic heterocycles. The van der Waals surface area contributed by atoms with Crippen LogP contribution in [0.15, 0.2) is 6.33 Å². The van der Waals surface area contributed by atoms with Crippen LogP contribution in [0.3, 0.4) is 0 Å². The van der Waals surface area contributed by atoms with Crippen LogP contribution in [0.5, 0.6) is 0 Å². The van der Waals surface area contributed by atoms with Gasteiger partial charge in [0.15, 0.2) is 0 Å². The van der Waals surface area contributed by atoms with Crippen molar-refractivity contribution in [2.45, 2.75) is 52.0 Å². The van der Waals surface area contributed by atoms with Gasteiger partial charge < -0.3 is 5.32 Å². The molecule has 1 aliphatic rings. The maximum absolute atomic E-state index is 4.37. The Morgan fingerprint density at radius 2 is 2.33 bits per heavy atom. The molecule has 2 rings (SSSR count). The lowest BCUT2D eigenvalue weighted by atomic mass is 9.94. The fourth-order valence-electron chi connectivity index (χ4n) is 3.05. The van der Waals surface area contributed by atoms with E-state index >= 15 is 0 Å². The van der Waals surface area contributed by atoms with Crippen molar-refractivity contribution in [2.75, 3.05) is 6.54 Å². The summed E-state index contributed by atoms with van der Waals surface area (Å²) in [5, 5.41) is 7.89. The molecular formula is C14H26N4. The van der Waals surface area contributed by atoms with Gasteiger partial charge in [0, 0.05) is 19.5 Å². The van der Waals surface area contributed by atoms with E-state index in [9.17, 15) is 0 Å². The molecule has 1 heterocycles. The minimum absolute atomic E-state index is 0.567. The number of aryl methyl sites for hydroxylation is 1. The van der Waals surface area contributed by atoms with Crippen molar-refractivity contribution < 1.29 is 0 Å². The molecule has 102 valence electrons. The maximum atomic E-state index is 4.37. The molecule has 4 nitrogen and oxygen atoms in total. The van der Waals surface area contributed by atoms with E-state index in [0.717, 1.165) is 30.6 Å². The highest BCUT2D eigenvalue weighted by Gasteiger charge is 2.29. The lowest BCUT2D eigenvalue weighted by molar-refractivity contribution is 0.341. The van der Waals surface area contributed by atoms with E-state index in [2.05, 4.69) is 29.2 Å². The van der Waals surface area contributed by atoms with Gasteiger partial charge in [0.2, 0.25) is 0 Å². The number of hydrogen-bond acceptors (Lipinski definition) is 3. The highest BCUT2D eigenvalue weighted by atomic mass is 15.3. The SMILES string of the molecule is CCCNC(Cc1ncnn1C)C1CCC(C)C1. The molecule has 1 aliphatic carbocycles. The average molecular weight is 250 g/mol. The quantitative estimate of drug-likeness (QED) is 0.841. The third kappa shape index (κ3) is 3.31. The summed E-state index contributed by atoms with van der Waals surface area (Å²) in [6.07, 6.45) is 7.96. The molecule has 0 bridgehead atoms. The number of hydrogen-bond donors (Lipinski definition) is 1. The first-order valence-corrected chi connectivity index (χ1v) is 7.27. The van der Waals surface area contributed by atoms with Crippen LogP contribution < -0.4 is 5.32 Å². The van der Waals surface area contributed by atoms with Crippen LogP contribution in [0, 0.1) is 11.8 Å². The van der Waals surface area contributed by atoms with Gasteiger partial charge in [0.05, 0.1) is 0 Å². The molecule has 0 spiro atoms. The Kier molecular flexibility index (Phi) is 4.75. The minimum Gasteiger partial charge on any atom is -0.313 e. The lowest BCUT2D eigenvalue weighted by Gasteiger charge is -2.24. The fraction of sp³-hybridized carbons (Fsp3) is 0.857. The zero-order chi connectivity index (χ0) is 13.0. The summed E-state index contributed by atoms with van der Waals surface area (Å²) >= 11 is 0. The molecule has 18 heavy (non-hydrogen) atoms. The number of nitrogens with zero attached hydrogens (tertiary/aromatic N) is 3. The van der Waals surface area contributed by atoms with Gasteiger partial charge in [-0.2, -0.15) is 5.10 Å². The van der Waals surface area contributed by atoms with Crippen molar-refractivity contribution in [2.24, 2.45) is 18.9 Å². The van der Waals surface area contributed by atoms with E-state index in [4.69, 9.17) is 0 Å². The highest BCUT2D eigenvalue weighted by molar-refractivity contribution is 4.93. The van der Waals surface area contributed by atoms with Crippen LogP contribution in [-0.2, 0) is 13.5 Å². The van der Waals surface area contributed by atoms with Crippen molar-refractivity contribution in [3.05, 3.63) is 12.2 Å². The number of rotatable bonds is 6. The van der Waals surface area contributed by atoms with Crippen LogP contribution in [0.2, 0.25) is 0 Å². The number of aromatic nitrogens is 3. The molecular weight excluding hydrogens is 224 g/mol. The molecule has 0 saturated heterocycles. The first-order chi connectivity index (χ1) is 8.70. The van der Waals surface area contributed by atoms with Gasteiger partial charge in [0.25, 0.3) is 0 Å². The van der Waals surface area contributed by atoms with Crippen molar-refractivity contribution in [3.8, 4) is 0 Å². The normalized spacial score (nSPS) is 25.5. The molecule has 0 radical (unpaired) electrons.